The van der Waals surface area contributed by atoms with Crippen LogP contribution in [-0.2, 0) is 9.59 Å². The standard InChI is InChI=1S/C41H47N7O5/c1-7-38(50)48-15-14-46(21-27(48)4)24-37(35-13-12-32(20-43-35)31-10-11-31)53-36-17-25(2)33(18-34(36)40(51)42-6)41(52)45-39-26(3)16-29(19-44-39)8-9-30-22-47(23-30)28(5)49/h7,12-13,16-20,27,30-31,37H,1,10-11,14-15,21-24H2,2-6H3,(H,42,51)(H,44,45,52)/t27-,37-/m1/s1. The van der Waals surface area contributed by atoms with Gasteiger partial charge in [0.2, 0.25) is 11.8 Å². The Morgan fingerprint density at radius 3 is 2.40 bits per heavy atom. The van der Waals surface area contributed by atoms with Gasteiger partial charge in [-0.2, -0.15) is 0 Å². The maximum atomic E-state index is 13.7. The van der Waals surface area contributed by atoms with Crippen LogP contribution >= 0.6 is 0 Å². The molecule has 276 valence electrons. The molecule has 1 aliphatic carbocycles. The number of carbonyl (C=O) groups excluding carboxylic acids is 4. The number of rotatable bonds is 10. The molecule has 3 aromatic rings. The van der Waals surface area contributed by atoms with E-state index >= 15 is 0 Å². The summed E-state index contributed by atoms with van der Waals surface area (Å²) in [5.74, 6) is 6.88. The van der Waals surface area contributed by atoms with Crippen LogP contribution < -0.4 is 15.4 Å². The summed E-state index contributed by atoms with van der Waals surface area (Å²) >= 11 is 0. The van der Waals surface area contributed by atoms with Crippen molar-refractivity contribution in [2.75, 3.05) is 51.6 Å². The summed E-state index contributed by atoms with van der Waals surface area (Å²) in [6, 6.07) is 9.22. The monoisotopic (exact) mass is 717 g/mol. The van der Waals surface area contributed by atoms with Crippen molar-refractivity contribution in [3.8, 4) is 17.6 Å². The number of hydrogen-bond acceptors (Lipinski definition) is 8. The van der Waals surface area contributed by atoms with Crippen LogP contribution in [-0.4, -0.2) is 101 Å². The number of aromatic nitrogens is 2. The Labute approximate surface area is 311 Å². The van der Waals surface area contributed by atoms with Crippen LogP contribution in [0.5, 0.6) is 5.75 Å². The number of nitrogens with zero attached hydrogens (tertiary/aromatic N) is 5. The second kappa shape index (κ2) is 16.0. The van der Waals surface area contributed by atoms with Crippen LogP contribution in [0.2, 0.25) is 0 Å². The molecule has 4 amide bonds. The van der Waals surface area contributed by atoms with E-state index in [0.29, 0.717) is 73.4 Å². The average molecular weight is 718 g/mol. The fraction of sp³-hybridized carbons (Fsp3) is 0.415. The number of amides is 4. The Hall–Kier alpha value is -5.54. The number of carbonyl (C=O) groups is 4. The minimum Gasteiger partial charge on any atom is -0.482 e. The van der Waals surface area contributed by atoms with Crippen molar-refractivity contribution in [2.45, 2.75) is 58.6 Å². The highest BCUT2D eigenvalue weighted by Gasteiger charge is 2.31. The second-order valence-corrected chi connectivity index (χ2v) is 14.2. The van der Waals surface area contributed by atoms with Gasteiger partial charge >= 0.3 is 0 Å². The van der Waals surface area contributed by atoms with Gasteiger partial charge < -0.3 is 25.2 Å². The van der Waals surface area contributed by atoms with E-state index in [1.807, 2.05) is 37.1 Å². The van der Waals surface area contributed by atoms with Crippen molar-refractivity contribution >= 4 is 29.4 Å². The number of benzene rings is 1. The normalized spacial score (nSPS) is 17.9. The molecule has 2 saturated heterocycles. The maximum absolute atomic E-state index is 13.7. The summed E-state index contributed by atoms with van der Waals surface area (Å²) in [6.07, 6.45) is 6.67. The molecule has 0 spiro atoms. The Balaban J connectivity index is 1.21. The Bertz CT molecular complexity index is 1970. The van der Waals surface area contributed by atoms with Crippen LogP contribution in [0.15, 0.2) is 55.4 Å². The quantitative estimate of drug-likeness (QED) is 0.235. The van der Waals surface area contributed by atoms with Crippen LogP contribution in [0.25, 0.3) is 0 Å². The Morgan fingerprint density at radius 2 is 1.77 bits per heavy atom. The lowest BCUT2D eigenvalue weighted by atomic mass is 10.0. The minimum atomic E-state index is -0.537. The molecular weight excluding hydrogens is 670 g/mol. The molecule has 12 heteroatoms. The first-order valence-corrected chi connectivity index (χ1v) is 18.1. The number of nitrogens with one attached hydrogen (secondary N) is 2. The lowest BCUT2D eigenvalue weighted by Crippen LogP contribution is -2.54. The van der Waals surface area contributed by atoms with Gasteiger partial charge in [-0.1, -0.05) is 24.5 Å². The van der Waals surface area contributed by atoms with Crippen molar-refractivity contribution in [3.05, 3.63) is 94.5 Å². The number of hydrogen-bond donors (Lipinski definition) is 2. The molecule has 6 rings (SSSR count). The average Bonchev–Trinajstić information content (AvgIpc) is 3.97. The molecule has 0 unspecified atom stereocenters. The number of anilines is 1. The highest BCUT2D eigenvalue weighted by Crippen LogP contribution is 2.40. The predicted octanol–water partition coefficient (Wildman–Crippen LogP) is 4.25. The fourth-order valence-corrected chi connectivity index (χ4v) is 6.78. The molecule has 2 atom stereocenters. The summed E-state index contributed by atoms with van der Waals surface area (Å²) in [7, 11) is 1.54. The molecular formula is C41H47N7O5. The van der Waals surface area contributed by atoms with Crippen LogP contribution in [0.1, 0.15) is 87.4 Å². The molecule has 0 bridgehead atoms. The van der Waals surface area contributed by atoms with Gasteiger partial charge in [-0.25, -0.2) is 4.98 Å². The first kappa shape index (κ1) is 37.2. The van der Waals surface area contributed by atoms with E-state index in [9.17, 15) is 19.2 Å². The molecule has 53 heavy (non-hydrogen) atoms. The lowest BCUT2D eigenvalue weighted by Gasteiger charge is -2.40. The largest absolute Gasteiger partial charge is 0.482 e. The smallest absolute Gasteiger partial charge is 0.257 e. The third-order valence-electron chi connectivity index (χ3n) is 10.2. The summed E-state index contributed by atoms with van der Waals surface area (Å²) in [5.41, 5.74) is 4.53. The highest BCUT2D eigenvalue weighted by atomic mass is 16.5. The van der Waals surface area contributed by atoms with Gasteiger partial charge in [-0.3, -0.25) is 29.1 Å². The van der Waals surface area contributed by atoms with Crippen molar-refractivity contribution in [1.82, 2.24) is 30.0 Å². The number of likely N-dealkylation sites (tertiary alicyclic amines) is 1. The zero-order valence-corrected chi connectivity index (χ0v) is 31.1. The topological polar surface area (TPSA) is 137 Å². The van der Waals surface area contributed by atoms with E-state index in [-0.39, 0.29) is 29.3 Å². The molecule has 1 saturated carbocycles. The minimum absolute atomic E-state index is 0.0173. The zero-order chi connectivity index (χ0) is 37.8. The Kier molecular flexibility index (Phi) is 11.2. The molecule has 3 fully saturated rings. The van der Waals surface area contributed by atoms with Crippen molar-refractivity contribution in [2.24, 2.45) is 5.92 Å². The van der Waals surface area contributed by atoms with Gasteiger partial charge in [0, 0.05) is 82.8 Å². The van der Waals surface area contributed by atoms with Gasteiger partial charge in [0.25, 0.3) is 11.8 Å². The van der Waals surface area contributed by atoms with E-state index in [4.69, 9.17) is 9.72 Å². The molecule has 2 aliphatic heterocycles. The maximum Gasteiger partial charge on any atom is 0.257 e. The van der Waals surface area contributed by atoms with E-state index < -0.39 is 17.9 Å². The molecule has 1 aromatic carbocycles. The summed E-state index contributed by atoms with van der Waals surface area (Å²) in [5, 5.41) is 5.59. The second-order valence-electron chi connectivity index (χ2n) is 14.2. The molecule has 3 aliphatic rings. The third-order valence-corrected chi connectivity index (χ3v) is 10.2. The lowest BCUT2D eigenvalue weighted by molar-refractivity contribution is -0.133. The highest BCUT2D eigenvalue weighted by molar-refractivity contribution is 6.07. The van der Waals surface area contributed by atoms with E-state index in [1.165, 1.54) is 31.5 Å². The Morgan fingerprint density at radius 1 is 1.00 bits per heavy atom. The van der Waals surface area contributed by atoms with Crippen molar-refractivity contribution in [3.63, 3.8) is 0 Å². The van der Waals surface area contributed by atoms with E-state index in [2.05, 4.69) is 45.0 Å². The van der Waals surface area contributed by atoms with Crippen molar-refractivity contribution in [1.29, 1.82) is 0 Å². The van der Waals surface area contributed by atoms with Gasteiger partial charge in [0.05, 0.1) is 17.2 Å². The first-order valence-electron chi connectivity index (χ1n) is 18.1. The van der Waals surface area contributed by atoms with Gasteiger partial charge in [-0.05, 0) is 86.6 Å². The number of pyridine rings is 2. The van der Waals surface area contributed by atoms with Crippen molar-refractivity contribution < 1.29 is 23.9 Å². The molecule has 4 heterocycles. The third kappa shape index (κ3) is 8.75. The van der Waals surface area contributed by atoms with Crippen LogP contribution in [0.4, 0.5) is 5.82 Å². The van der Waals surface area contributed by atoms with E-state index in [1.54, 1.807) is 37.1 Å². The van der Waals surface area contributed by atoms with Gasteiger partial charge in [0.15, 0.2) is 6.10 Å². The summed E-state index contributed by atoms with van der Waals surface area (Å²) in [4.78, 5) is 65.9. The number of ether oxygens (including phenoxy) is 1. The number of piperazine rings is 1. The van der Waals surface area contributed by atoms with Crippen LogP contribution in [0.3, 0.4) is 0 Å². The molecule has 2 N–H and O–H groups in total. The summed E-state index contributed by atoms with van der Waals surface area (Å²) < 4.78 is 6.70. The van der Waals surface area contributed by atoms with Gasteiger partial charge in [-0.15, -0.1) is 0 Å². The zero-order valence-electron chi connectivity index (χ0n) is 31.1. The van der Waals surface area contributed by atoms with Crippen LogP contribution in [0, 0.1) is 31.6 Å². The SMILES string of the molecule is C=CC(=O)N1CCN(C[C@@H](Oc2cc(C)c(C(=O)Nc3ncc(C#CC4CN(C(C)=O)C4)cc3C)cc2C(=O)NC)c2ccc(C3CC3)cn2)C[C@H]1C. The molecule has 0 radical (unpaired) electrons. The summed E-state index contributed by atoms with van der Waals surface area (Å²) in [6.45, 7) is 14.4. The molecule has 12 nitrogen and oxygen atoms in total. The number of aryl methyl sites for hydroxylation is 2. The van der Waals surface area contributed by atoms with E-state index in [0.717, 1.165) is 11.3 Å². The fourth-order valence-electron chi connectivity index (χ4n) is 6.78. The first-order chi connectivity index (χ1) is 25.4. The molecule has 2 aromatic heterocycles. The predicted molar refractivity (Wildman–Crippen MR) is 202 cm³/mol. The van der Waals surface area contributed by atoms with Gasteiger partial charge in [0.1, 0.15) is 11.6 Å².